The number of rotatable bonds is 6. The van der Waals surface area contributed by atoms with Crippen LogP contribution in [-0.4, -0.2) is 29.3 Å². The SMILES string of the molecule is NC(=O)c1ccc(-c2ccccc2C(=O)Nc2ccc3c(c2)CCN3C(=O)Cc2ccccn2)cc1. The third-order valence-electron chi connectivity index (χ3n) is 6.24. The first-order valence-corrected chi connectivity index (χ1v) is 11.6. The lowest BCUT2D eigenvalue weighted by molar-refractivity contribution is -0.117. The molecule has 0 atom stereocenters. The van der Waals surface area contributed by atoms with Crippen LogP contribution >= 0.6 is 0 Å². The molecule has 0 saturated heterocycles. The van der Waals surface area contributed by atoms with Gasteiger partial charge in [-0.25, -0.2) is 0 Å². The van der Waals surface area contributed by atoms with Gasteiger partial charge in [0.05, 0.1) is 6.42 Å². The molecule has 0 radical (unpaired) electrons. The fraction of sp³-hybridized carbons (Fsp3) is 0.103. The molecule has 5 rings (SSSR count). The van der Waals surface area contributed by atoms with Crippen molar-refractivity contribution in [1.82, 2.24) is 4.98 Å². The summed E-state index contributed by atoms with van der Waals surface area (Å²) >= 11 is 0. The lowest BCUT2D eigenvalue weighted by atomic mass is 9.98. The van der Waals surface area contributed by atoms with E-state index in [1.165, 1.54) is 0 Å². The molecule has 0 bridgehead atoms. The Morgan fingerprint density at radius 1 is 0.917 bits per heavy atom. The van der Waals surface area contributed by atoms with Gasteiger partial charge in [0.25, 0.3) is 5.91 Å². The molecule has 0 fully saturated rings. The number of benzene rings is 3. The maximum atomic E-state index is 13.2. The quantitative estimate of drug-likeness (QED) is 0.434. The summed E-state index contributed by atoms with van der Waals surface area (Å²) < 4.78 is 0. The number of nitrogens with zero attached hydrogens (tertiary/aromatic N) is 2. The summed E-state index contributed by atoms with van der Waals surface area (Å²) in [6.45, 7) is 0.600. The molecule has 0 spiro atoms. The number of pyridine rings is 1. The number of fused-ring (bicyclic) bond motifs is 1. The van der Waals surface area contributed by atoms with Crippen molar-refractivity contribution in [2.24, 2.45) is 5.73 Å². The van der Waals surface area contributed by atoms with E-state index >= 15 is 0 Å². The molecule has 4 aromatic rings. The smallest absolute Gasteiger partial charge is 0.256 e. The maximum Gasteiger partial charge on any atom is 0.256 e. The molecule has 178 valence electrons. The van der Waals surface area contributed by atoms with Gasteiger partial charge in [0.15, 0.2) is 0 Å². The number of carbonyl (C=O) groups is 3. The number of hydrogen-bond acceptors (Lipinski definition) is 4. The van der Waals surface area contributed by atoms with Crippen LogP contribution in [-0.2, 0) is 17.6 Å². The Bertz CT molecular complexity index is 1450. The molecule has 3 aromatic carbocycles. The number of primary amides is 1. The highest BCUT2D eigenvalue weighted by molar-refractivity contribution is 6.09. The molecule has 1 aliphatic rings. The summed E-state index contributed by atoms with van der Waals surface area (Å²) in [5, 5.41) is 2.99. The Kier molecular flexibility index (Phi) is 6.28. The van der Waals surface area contributed by atoms with Gasteiger partial charge in [-0.3, -0.25) is 19.4 Å². The van der Waals surface area contributed by atoms with Crippen LogP contribution in [0.15, 0.2) is 91.1 Å². The van der Waals surface area contributed by atoms with E-state index in [1.54, 1.807) is 41.4 Å². The van der Waals surface area contributed by atoms with Crippen molar-refractivity contribution in [1.29, 1.82) is 0 Å². The highest BCUT2D eigenvalue weighted by Gasteiger charge is 2.25. The molecule has 0 saturated carbocycles. The summed E-state index contributed by atoms with van der Waals surface area (Å²) in [6.07, 6.45) is 2.65. The third-order valence-corrected chi connectivity index (χ3v) is 6.24. The Labute approximate surface area is 208 Å². The Morgan fingerprint density at radius 2 is 1.69 bits per heavy atom. The fourth-order valence-corrected chi connectivity index (χ4v) is 4.44. The van der Waals surface area contributed by atoms with E-state index in [0.717, 1.165) is 34.5 Å². The first kappa shape index (κ1) is 23.0. The molecule has 0 aliphatic carbocycles. The molecule has 3 N–H and O–H groups in total. The van der Waals surface area contributed by atoms with Crippen LogP contribution < -0.4 is 16.0 Å². The summed E-state index contributed by atoms with van der Waals surface area (Å²) in [6, 6.07) is 25.3. The minimum Gasteiger partial charge on any atom is -0.366 e. The molecule has 36 heavy (non-hydrogen) atoms. The number of nitrogens with two attached hydrogens (primary N) is 1. The summed E-state index contributed by atoms with van der Waals surface area (Å²) in [5.74, 6) is -0.743. The highest BCUT2D eigenvalue weighted by Crippen LogP contribution is 2.32. The number of anilines is 2. The third kappa shape index (κ3) is 4.72. The van der Waals surface area contributed by atoms with Crippen molar-refractivity contribution < 1.29 is 14.4 Å². The molecule has 0 unspecified atom stereocenters. The average Bonchev–Trinajstić information content (AvgIpc) is 3.33. The monoisotopic (exact) mass is 476 g/mol. The largest absolute Gasteiger partial charge is 0.366 e. The minimum absolute atomic E-state index is 0.000479. The number of amides is 3. The molecule has 2 heterocycles. The van der Waals surface area contributed by atoms with Crippen LogP contribution in [0, 0.1) is 0 Å². The summed E-state index contributed by atoms with van der Waals surface area (Å²) in [4.78, 5) is 43.5. The first-order valence-electron chi connectivity index (χ1n) is 11.6. The van der Waals surface area contributed by atoms with E-state index in [9.17, 15) is 14.4 Å². The van der Waals surface area contributed by atoms with Gasteiger partial charge in [-0.15, -0.1) is 0 Å². The van der Waals surface area contributed by atoms with Crippen molar-refractivity contribution in [2.75, 3.05) is 16.8 Å². The van der Waals surface area contributed by atoms with Crippen molar-refractivity contribution in [3.63, 3.8) is 0 Å². The number of carbonyl (C=O) groups excluding carboxylic acids is 3. The summed E-state index contributed by atoms with van der Waals surface area (Å²) in [7, 11) is 0. The van der Waals surface area contributed by atoms with Gasteiger partial charge in [0.1, 0.15) is 0 Å². The van der Waals surface area contributed by atoms with Gasteiger partial charge in [-0.1, -0.05) is 36.4 Å². The van der Waals surface area contributed by atoms with Crippen LogP contribution in [0.5, 0.6) is 0 Å². The zero-order chi connectivity index (χ0) is 25.1. The van der Waals surface area contributed by atoms with Crippen molar-refractivity contribution >= 4 is 29.1 Å². The standard InChI is InChI=1S/C29H24N4O3/c30-28(35)20-10-8-19(9-11-20)24-6-1-2-7-25(24)29(36)32-23-12-13-26-21(17-23)14-16-33(26)27(34)18-22-5-3-4-15-31-22/h1-13,15,17H,14,16,18H2,(H2,30,35)(H,32,36). The van der Waals surface area contributed by atoms with E-state index in [0.29, 0.717) is 23.4 Å². The molecule has 1 aromatic heterocycles. The van der Waals surface area contributed by atoms with E-state index in [-0.39, 0.29) is 18.2 Å². The van der Waals surface area contributed by atoms with Gasteiger partial charge in [0, 0.05) is 40.9 Å². The Hall–Kier alpha value is -4.78. The predicted molar refractivity (Wildman–Crippen MR) is 139 cm³/mol. The van der Waals surface area contributed by atoms with Crippen LogP contribution in [0.3, 0.4) is 0 Å². The van der Waals surface area contributed by atoms with E-state index < -0.39 is 5.91 Å². The highest BCUT2D eigenvalue weighted by atomic mass is 16.2. The maximum absolute atomic E-state index is 13.2. The molecular weight excluding hydrogens is 452 g/mol. The zero-order valence-electron chi connectivity index (χ0n) is 19.5. The number of hydrogen-bond donors (Lipinski definition) is 2. The Balaban J connectivity index is 1.33. The van der Waals surface area contributed by atoms with Crippen molar-refractivity contribution in [3.05, 3.63) is 114 Å². The van der Waals surface area contributed by atoms with Crippen LogP contribution in [0.1, 0.15) is 32.0 Å². The lowest BCUT2D eigenvalue weighted by Gasteiger charge is -2.17. The second-order valence-corrected chi connectivity index (χ2v) is 8.58. The van der Waals surface area contributed by atoms with Crippen LogP contribution in [0.25, 0.3) is 11.1 Å². The lowest BCUT2D eigenvalue weighted by Crippen LogP contribution is -2.30. The number of nitrogens with one attached hydrogen (secondary N) is 1. The van der Waals surface area contributed by atoms with E-state index in [4.69, 9.17) is 5.73 Å². The van der Waals surface area contributed by atoms with E-state index in [2.05, 4.69) is 10.3 Å². The van der Waals surface area contributed by atoms with Gasteiger partial charge < -0.3 is 16.0 Å². The second kappa shape index (κ2) is 9.84. The fourth-order valence-electron chi connectivity index (χ4n) is 4.44. The predicted octanol–water partition coefficient (Wildman–Crippen LogP) is 4.23. The van der Waals surface area contributed by atoms with Gasteiger partial charge in [-0.05, 0) is 71.6 Å². The van der Waals surface area contributed by atoms with Gasteiger partial charge >= 0.3 is 0 Å². The first-order chi connectivity index (χ1) is 17.5. The molecule has 7 heteroatoms. The van der Waals surface area contributed by atoms with Gasteiger partial charge in [-0.2, -0.15) is 0 Å². The molecule has 7 nitrogen and oxygen atoms in total. The molecule has 1 aliphatic heterocycles. The van der Waals surface area contributed by atoms with Gasteiger partial charge in [0.2, 0.25) is 11.8 Å². The summed E-state index contributed by atoms with van der Waals surface area (Å²) in [5.41, 5.74) is 11.1. The van der Waals surface area contributed by atoms with Crippen molar-refractivity contribution in [2.45, 2.75) is 12.8 Å². The molecular formula is C29H24N4O3. The Morgan fingerprint density at radius 3 is 2.44 bits per heavy atom. The van der Waals surface area contributed by atoms with E-state index in [1.807, 2.05) is 54.6 Å². The molecule has 3 amide bonds. The van der Waals surface area contributed by atoms with Crippen LogP contribution in [0.4, 0.5) is 11.4 Å². The second-order valence-electron chi connectivity index (χ2n) is 8.58. The average molecular weight is 477 g/mol. The number of aromatic nitrogens is 1. The van der Waals surface area contributed by atoms with Crippen LogP contribution in [0.2, 0.25) is 0 Å². The topological polar surface area (TPSA) is 105 Å². The van der Waals surface area contributed by atoms with Crippen molar-refractivity contribution in [3.8, 4) is 11.1 Å². The zero-order valence-corrected chi connectivity index (χ0v) is 19.5. The minimum atomic E-state index is -0.499. The normalized spacial score (nSPS) is 12.2.